The van der Waals surface area contributed by atoms with Gasteiger partial charge in [0.2, 0.25) is 0 Å². The molecule has 2 aromatic rings. The standard InChI is InChI=1S/C16H18N2O4/c1-11-4-6-12(7-5-11)18-16(21)14(9-15(19)20)17-10-13-3-2-8-22-13/h2-8,14,17H,9-10H2,1H3,(H,18,21)(H,19,20)/t14-/m1/s1. The summed E-state index contributed by atoms with van der Waals surface area (Å²) in [6, 6.07) is 10.0. The predicted octanol–water partition coefficient (Wildman–Crippen LogP) is -0.201. The summed E-state index contributed by atoms with van der Waals surface area (Å²) in [5, 5.41) is 15.2. The largest absolute Gasteiger partial charge is 0.550 e. The zero-order chi connectivity index (χ0) is 15.9. The Bertz CT molecular complexity index is 620. The molecule has 0 fully saturated rings. The molecule has 0 saturated carbocycles. The maximum Gasteiger partial charge on any atom is 0.283 e. The van der Waals surface area contributed by atoms with E-state index >= 15 is 0 Å². The number of carbonyl (C=O) groups excluding carboxylic acids is 2. The Morgan fingerprint density at radius 1 is 1.27 bits per heavy atom. The lowest BCUT2D eigenvalue weighted by Gasteiger charge is -2.15. The fraction of sp³-hybridized carbons (Fsp3) is 0.250. The van der Waals surface area contributed by atoms with Gasteiger partial charge in [-0.15, -0.1) is 0 Å². The van der Waals surface area contributed by atoms with Crippen LogP contribution < -0.4 is 15.7 Å². The van der Waals surface area contributed by atoms with Gasteiger partial charge in [-0.3, -0.25) is 4.79 Å². The summed E-state index contributed by atoms with van der Waals surface area (Å²) in [7, 11) is 0. The number of benzene rings is 1. The van der Waals surface area contributed by atoms with Gasteiger partial charge in [-0.2, -0.15) is 0 Å². The zero-order valence-corrected chi connectivity index (χ0v) is 12.2. The number of hydrogen-bond acceptors (Lipinski definition) is 4. The minimum Gasteiger partial charge on any atom is -0.550 e. The Kier molecular flexibility index (Phi) is 5.32. The number of nitrogens with one attached hydrogen (secondary N) is 1. The van der Waals surface area contributed by atoms with Gasteiger partial charge in [-0.25, -0.2) is 0 Å². The van der Waals surface area contributed by atoms with E-state index in [1.807, 2.05) is 19.1 Å². The van der Waals surface area contributed by atoms with Gasteiger partial charge in [-0.1, -0.05) is 17.7 Å². The minimum absolute atomic E-state index is 0.363. The number of quaternary nitrogens is 1. The molecule has 6 nitrogen and oxygen atoms in total. The van der Waals surface area contributed by atoms with Crippen LogP contribution in [-0.2, 0) is 16.1 Å². The van der Waals surface area contributed by atoms with Crippen molar-refractivity contribution in [3.8, 4) is 0 Å². The number of nitrogens with two attached hydrogens (primary N) is 1. The number of carboxylic acid groups (broad SMARTS) is 1. The molecule has 1 amide bonds. The summed E-state index contributed by atoms with van der Waals surface area (Å²) in [5.41, 5.74) is 1.71. The van der Waals surface area contributed by atoms with Crippen LogP contribution in [0.15, 0.2) is 47.1 Å². The van der Waals surface area contributed by atoms with Crippen LogP contribution in [0.2, 0.25) is 0 Å². The molecule has 1 heterocycles. The maximum absolute atomic E-state index is 12.2. The third-order valence-electron chi connectivity index (χ3n) is 3.23. The predicted molar refractivity (Wildman–Crippen MR) is 77.6 cm³/mol. The van der Waals surface area contributed by atoms with Gasteiger partial charge in [0.05, 0.1) is 6.26 Å². The molecule has 3 N–H and O–H groups in total. The second-order valence-electron chi connectivity index (χ2n) is 5.06. The molecule has 0 aliphatic rings. The van der Waals surface area contributed by atoms with Gasteiger partial charge >= 0.3 is 0 Å². The van der Waals surface area contributed by atoms with E-state index in [9.17, 15) is 14.7 Å². The summed E-state index contributed by atoms with van der Waals surface area (Å²) < 4.78 is 5.17. The lowest BCUT2D eigenvalue weighted by Crippen LogP contribution is -2.91. The second kappa shape index (κ2) is 7.42. The first-order valence-corrected chi connectivity index (χ1v) is 6.97. The molecule has 0 aliphatic carbocycles. The van der Waals surface area contributed by atoms with Gasteiger partial charge < -0.3 is 25.0 Å². The van der Waals surface area contributed by atoms with Crippen molar-refractivity contribution in [3.63, 3.8) is 0 Å². The molecule has 1 aromatic heterocycles. The van der Waals surface area contributed by atoms with Crippen LogP contribution in [0.25, 0.3) is 0 Å². The topological polar surface area (TPSA) is 99.0 Å². The average molecular weight is 302 g/mol. The zero-order valence-electron chi connectivity index (χ0n) is 12.2. The SMILES string of the molecule is Cc1ccc(NC(=O)[C@@H](CC(=O)[O-])[NH2+]Cc2ccco2)cc1. The molecule has 0 aliphatic heterocycles. The average Bonchev–Trinajstić information content (AvgIpc) is 2.98. The van der Waals surface area contributed by atoms with Crippen LogP contribution in [0, 0.1) is 6.92 Å². The van der Waals surface area contributed by atoms with Crippen molar-refractivity contribution >= 4 is 17.6 Å². The number of carboxylic acids is 1. The molecular weight excluding hydrogens is 284 g/mol. The molecule has 0 bridgehead atoms. The van der Waals surface area contributed by atoms with Gasteiger partial charge in [0, 0.05) is 18.1 Å². The number of anilines is 1. The highest BCUT2D eigenvalue weighted by molar-refractivity contribution is 5.95. The number of amides is 1. The van der Waals surface area contributed by atoms with E-state index in [1.54, 1.807) is 29.6 Å². The van der Waals surface area contributed by atoms with E-state index in [-0.39, 0.29) is 12.3 Å². The van der Waals surface area contributed by atoms with Gasteiger partial charge in [0.1, 0.15) is 6.54 Å². The molecule has 1 aromatic carbocycles. The van der Waals surface area contributed by atoms with Crippen molar-refractivity contribution in [2.24, 2.45) is 0 Å². The minimum atomic E-state index is -1.26. The first-order valence-electron chi connectivity index (χ1n) is 6.97. The third-order valence-corrected chi connectivity index (χ3v) is 3.23. The highest BCUT2D eigenvalue weighted by atomic mass is 16.4. The van der Waals surface area contributed by atoms with E-state index in [4.69, 9.17) is 4.42 Å². The van der Waals surface area contributed by atoms with Gasteiger partial charge in [-0.05, 0) is 31.2 Å². The summed E-state index contributed by atoms with van der Waals surface area (Å²) in [6.45, 7) is 2.33. The van der Waals surface area contributed by atoms with Crippen molar-refractivity contribution < 1.29 is 24.4 Å². The fourth-order valence-corrected chi connectivity index (χ4v) is 2.02. The Morgan fingerprint density at radius 2 is 2.00 bits per heavy atom. The highest BCUT2D eigenvalue weighted by Gasteiger charge is 2.22. The van der Waals surface area contributed by atoms with Gasteiger partial charge in [0.15, 0.2) is 11.8 Å². The Balaban J connectivity index is 1.98. The van der Waals surface area contributed by atoms with Crippen molar-refractivity contribution in [1.82, 2.24) is 0 Å². The number of aryl methyl sites for hydroxylation is 1. The molecule has 1 atom stereocenters. The van der Waals surface area contributed by atoms with Crippen LogP contribution in [0.3, 0.4) is 0 Å². The van der Waals surface area contributed by atoms with Gasteiger partial charge in [0.25, 0.3) is 5.91 Å². The lowest BCUT2D eigenvalue weighted by atomic mass is 10.1. The van der Waals surface area contributed by atoms with Crippen LogP contribution in [0.1, 0.15) is 17.7 Å². The van der Waals surface area contributed by atoms with E-state index in [2.05, 4.69) is 5.32 Å². The summed E-state index contributed by atoms with van der Waals surface area (Å²) in [4.78, 5) is 23.1. The Hall–Kier alpha value is -2.60. The first-order chi connectivity index (χ1) is 10.5. The molecule has 22 heavy (non-hydrogen) atoms. The monoisotopic (exact) mass is 302 g/mol. The number of aliphatic carboxylic acids is 1. The highest BCUT2D eigenvalue weighted by Crippen LogP contribution is 2.09. The maximum atomic E-state index is 12.2. The van der Waals surface area contributed by atoms with Crippen molar-refractivity contribution in [2.75, 3.05) is 5.32 Å². The number of furan rings is 1. The molecule has 0 spiro atoms. The number of carbonyl (C=O) groups is 2. The second-order valence-corrected chi connectivity index (χ2v) is 5.06. The quantitative estimate of drug-likeness (QED) is 0.740. The van der Waals surface area contributed by atoms with E-state index in [0.717, 1.165) is 5.56 Å². The summed E-state index contributed by atoms with van der Waals surface area (Å²) in [6.07, 6.45) is 1.17. The number of hydrogen-bond donors (Lipinski definition) is 2. The van der Waals surface area contributed by atoms with Crippen LogP contribution >= 0.6 is 0 Å². The molecular formula is C16H18N2O4. The molecule has 116 valence electrons. The smallest absolute Gasteiger partial charge is 0.283 e. The fourth-order valence-electron chi connectivity index (χ4n) is 2.02. The summed E-state index contributed by atoms with van der Waals surface area (Å²) in [5.74, 6) is -0.967. The van der Waals surface area contributed by atoms with E-state index in [1.165, 1.54) is 6.26 Å². The first kappa shape index (κ1) is 15.8. The Morgan fingerprint density at radius 3 is 2.59 bits per heavy atom. The van der Waals surface area contributed by atoms with Crippen LogP contribution in [-0.4, -0.2) is 17.9 Å². The van der Waals surface area contributed by atoms with E-state index in [0.29, 0.717) is 18.0 Å². The van der Waals surface area contributed by atoms with Crippen molar-refractivity contribution in [1.29, 1.82) is 0 Å². The van der Waals surface area contributed by atoms with Crippen LogP contribution in [0.4, 0.5) is 5.69 Å². The van der Waals surface area contributed by atoms with Crippen LogP contribution in [0.5, 0.6) is 0 Å². The molecule has 2 rings (SSSR count). The van der Waals surface area contributed by atoms with Crippen molar-refractivity contribution in [2.45, 2.75) is 25.9 Å². The molecule has 0 saturated heterocycles. The van der Waals surface area contributed by atoms with Crippen molar-refractivity contribution in [3.05, 3.63) is 54.0 Å². The normalized spacial score (nSPS) is 11.9. The molecule has 0 radical (unpaired) electrons. The van der Waals surface area contributed by atoms with E-state index < -0.39 is 12.0 Å². The molecule has 0 unspecified atom stereocenters. The third kappa shape index (κ3) is 4.75. The number of rotatable bonds is 7. The summed E-state index contributed by atoms with van der Waals surface area (Å²) >= 11 is 0. The lowest BCUT2D eigenvalue weighted by molar-refractivity contribution is -0.693. The Labute approximate surface area is 128 Å². The molecule has 6 heteroatoms.